The molecule has 20 heavy (non-hydrogen) atoms. The van der Waals surface area contributed by atoms with Crippen LogP contribution in [0.5, 0.6) is 0 Å². The number of carboxylic acid groups (broad SMARTS) is 1. The van der Waals surface area contributed by atoms with E-state index in [4.69, 9.17) is 5.11 Å². The van der Waals surface area contributed by atoms with Gasteiger partial charge in [-0.1, -0.05) is 26.7 Å². The van der Waals surface area contributed by atoms with Crippen molar-refractivity contribution in [3.8, 4) is 0 Å². The topological polar surface area (TPSA) is 40.5 Å². The fraction of sp³-hybridized carbons (Fsp3) is 0.929. The molecule has 0 aromatic heterocycles. The molecule has 0 radical (unpaired) electrons. The highest BCUT2D eigenvalue weighted by molar-refractivity contribution is 5.76. The third-order valence-electron chi connectivity index (χ3n) is 5.38. The zero-order chi connectivity index (χ0) is 15.1. The first-order chi connectivity index (χ1) is 9.19. The highest BCUT2D eigenvalue weighted by atomic mass is 19.4. The Bertz CT molecular complexity index is 385. The summed E-state index contributed by atoms with van der Waals surface area (Å²) in [5.41, 5.74) is -2.58. The first-order valence-electron chi connectivity index (χ1n) is 7.23. The van der Waals surface area contributed by atoms with Gasteiger partial charge in [-0.15, -0.1) is 0 Å². The molecule has 2 rings (SSSR count). The Morgan fingerprint density at radius 2 is 1.95 bits per heavy atom. The van der Waals surface area contributed by atoms with Gasteiger partial charge < -0.3 is 5.11 Å². The summed E-state index contributed by atoms with van der Waals surface area (Å²) in [5.74, 6) is -0.926. The summed E-state index contributed by atoms with van der Waals surface area (Å²) in [6.45, 7) is 4.03. The second-order valence-electron chi connectivity index (χ2n) is 6.44. The van der Waals surface area contributed by atoms with Crippen LogP contribution in [0.3, 0.4) is 0 Å². The maximum absolute atomic E-state index is 13.2. The Morgan fingerprint density at radius 3 is 2.45 bits per heavy atom. The third-order valence-corrected chi connectivity index (χ3v) is 5.38. The monoisotopic (exact) mass is 293 g/mol. The molecule has 6 heteroatoms. The molecule has 1 N–H and O–H groups in total. The van der Waals surface area contributed by atoms with Crippen molar-refractivity contribution >= 4 is 5.97 Å². The molecule has 4 unspecified atom stereocenters. The molecule has 0 spiro atoms. The zero-order valence-electron chi connectivity index (χ0n) is 11.9. The molecule has 2 fully saturated rings. The van der Waals surface area contributed by atoms with Crippen LogP contribution in [0.15, 0.2) is 0 Å². The molecule has 1 aliphatic carbocycles. The summed E-state index contributed by atoms with van der Waals surface area (Å²) in [6.07, 6.45) is -2.02. The Hall–Kier alpha value is -0.780. The molecule has 0 amide bonds. The van der Waals surface area contributed by atoms with Crippen molar-refractivity contribution in [2.75, 3.05) is 13.1 Å². The number of aliphatic carboxylic acids is 1. The van der Waals surface area contributed by atoms with Crippen molar-refractivity contribution in [2.24, 2.45) is 17.3 Å². The van der Waals surface area contributed by atoms with E-state index in [1.54, 1.807) is 4.90 Å². The number of hydrogen-bond donors (Lipinski definition) is 1. The van der Waals surface area contributed by atoms with E-state index in [9.17, 15) is 18.0 Å². The summed E-state index contributed by atoms with van der Waals surface area (Å²) in [7, 11) is 0. The molecule has 116 valence electrons. The standard InChI is InChI=1S/C14H22F3NO2/c1-9-4-3-5-11(10(9)2)18-7-6-13(8-18,12(19)20)14(15,16)17/h9-11H,3-8H2,1-2H3,(H,19,20). The van der Waals surface area contributed by atoms with E-state index < -0.39 is 24.1 Å². The summed E-state index contributed by atoms with van der Waals surface area (Å²) >= 11 is 0. The number of alkyl halides is 3. The van der Waals surface area contributed by atoms with Crippen LogP contribution in [0, 0.1) is 17.3 Å². The molecule has 0 aromatic rings. The molecule has 1 heterocycles. The number of carboxylic acids is 1. The summed E-state index contributed by atoms with van der Waals surface area (Å²) in [4.78, 5) is 13.0. The quantitative estimate of drug-likeness (QED) is 0.850. The van der Waals surface area contributed by atoms with Crippen molar-refractivity contribution in [1.29, 1.82) is 0 Å². The summed E-state index contributed by atoms with van der Waals surface area (Å²) in [6, 6.07) is 0.0855. The lowest BCUT2D eigenvalue weighted by Gasteiger charge is -2.40. The van der Waals surface area contributed by atoms with Gasteiger partial charge in [-0.25, -0.2) is 0 Å². The maximum Gasteiger partial charge on any atom is 0.406 e. The summed E-state index contributed by atoms with van der Waals surface area (Å²) in [5, 5.41) is 9.09. The Kier molecular flexibility index (Phi) is 4.06. The van der Waals surface area contributed by atoms with Crippen LogP contribution < -0.4 is 0 Å². The van der Waals surface area contributed by atoms with E-state index in [0.717, 1.165) is 19.3 Å². The normalized spacial score (nSPS) is 40.0. The number of nitrogens with zero attached hydrogens (tertiary/aromatic N) is 1. The van der Waals surface area contributed by atoms with Gasteiger partial charge in [-0.2, -0.15) is 13.2 Å². The number of carbonyl (C=O) groups is 1. The minimum absolute atomic E-state index is 0.0855. The first kappa shape index (κ1) is 15.6. The van der Waals surface area contributed by atoms with Gasteiger partial charge in [0.05, 0.1) is 0 Å². The van der Waals surface area contributed by atoms with E-state index in [1.807, 2.05) is 0 Å². The van der Waals surface area contributed by atoms with Gasteiger partial charge in [0.25, 0.3) is 0 Å². The van der Waals surface area contributed by atoms with Crippen LogP contribution in [0.4, 0.5) is 13.2 Å². The van der Waals surface area contributed by atoms with Crippen molar-refractivity contribution in [1.82, 2.24) is 4.90 Å². The van der Waals surface area contributed by atoms with Crippen molar-refractivity contribution in [3.63, 3.8) is 0 Å². The van der Waals surface area contributed by atoms with Crippen LogP contribution in [0.1, 0.15) is 39.5 Å². The van der Waals surface area contributed by atoms with Gasteiger partial charge in [0.1, 0.15) is 0 Å². The van der Waals surface area contributed by atoms with Gasteiger partial charge in [-0.05, 0) is 31.2 Å². The lowest BCUT2D eigenvalue weighted by atomic mass is 9.77. The van der Waals surface area contributed by atoms with E-state index in [2.05, 4.69) is 13.8 Å². The average molecular weight is 293 g/mol. The molecule has 2 aliphatic rings. The molecule has 4 atom stereocenters. The SMILES string of the molecule is CC1CCCC(N2CCC(C(=O)O)(C(F)(F)F)C2)C1C. The largest absolute Gasteiger partial charge is 0.481 e. The second-order valence-corrected chi connectivity index (χ2v) is 6.44. The van der Waals surface area contributed by atoms with Crippen LogP contribution in [-0.2, 0) is 4.79 Å². The van der Waals surface area contributed by atoms with Gasteiger partial charge >= 0.3 is 12.1 Å². The van der Waals surface area contributed by atoms with Crippen LogP contribution in [0.25, 0.3) is 0 Å². The predicted octanol–water partition coefficient (Wildman–Crippen LogP) is 3.15. The number of likely N-dealkylation sites (tertiary alicyclic amines) is 1. The smallest absolute Gasteiger partial charge is 0.406 e. The van der Waals surface area contributed by atoms with Crippen LogP contribution in [-0.4, -0.2) is 41.3 Å². The molecule has 0 aromatic carbocycles. The van der Waals surface area contributed by atoms with E-state index >= 15 is 0 Å². The van der Waals surface area contributed by atoms with E-state index in [-0.39, 0.29) is 19.0 Å². The fourth-order valence-corrected chi connectivity index (χ4v) is 3.72. The van der Waals surface area contributed by atoms with Gasteiger partial charge in [0.15, 0.2) is 5.41 Å². The third kappa shape index (κ3) is 2.43. The molecule has 1 saturated carbocycles. The molecule has 1 saturated heterocycles. The highest BCUT2D eigenvalue weighted by Gasteiger charge is 2.64. The first-order valence-corrected chi connectivity index (χ1v) is 7.23. The minimum Gasteiger partial charge on any atom is -0.481 e. The highest BCUT2D eigenvalue weighted by Crippen LogP contribution is 2.47. The molecule has 1 aliphatic heterocycles. The van der Waals surface area contributed by atoms with E-state index in [0.29, 0.717) is 11.8 Å². The zero-order valence-corrected chi connectivity index (χ0v) is 11.9. The number of hydrogen-bond acceptors (Lipinski definition) is 2. The van der Waals surface area contributed by atoms with Crippen LogP contribution >= 0.6 is 0 Å². The van der Waals surface area contributed by atoms with Gasteiger partial charge in [-0.3, -0.25) is 9.69 Å². The van der Waals surface area contributed by atoms with Crippen LogP contribution in [0.2, 0.25) is 0 Å². The predicted molar refractivity (Wildman–Crippen MR) is 68.3 cm³/mol. The van der Waals surface area contributed by atoms with Crippen molar-refractivity contribution in [2.45, 2.75) is 51.7 Å². The van der Waals surface area contributed by atoms with Gasteiger partial charge in [0.2, 0.25) is 0 Å². The van der Waals surface area contributed by atoms with Crippen molar-refractivity contribution < 1.29 is 23.1 Å². The molecular weight excluding hydrogens is 271 g/mol. The Labute approximate surface area is 117 Å². The lowest BCUT2D eigenvalue weighted by molar-refractivity contribution is -0.228. The van der Waals surface area contributed by atoms with Gasteiger partial charge in [0, 0.05) is 12.6 Å². The molecule has 0 bridgehead atoms. The number of rotatable bonds is 2. The number of halogens is 3. The lowest BCUT2D eigenvalue weighted by Crippen LogP contribution is -2.50. The summed E-state index contributed by atoms with van der Waals surface area (Å²) < 4.78 is 39.5. The maximum atomic E-state index is 13.2. The fourth-order valence-electron chi connectivity index (χ4n) is 3.72. The molecule has 3 nitrogen and oxygen atoms in total. The van der Waals surface area contributed by atoms with Crippen molar-refractivity contribution in [3.05, 3.63) is 0 Å². The minimum atomic E-state index is -4.68. The van der Waals surface area contributed by atoms with E-state index in [1.165, 1.54) is 0 Å². The molecular formula is C14H22F3NO2. The Morgan fingerprint density at radius 1 is 1.30 bits per heavy atom. The Balaban J connectivity index is 2.16. The average Bonchev–Trinajstić information content (AvgIpc) is 2.78. The second kappa shape index (κ2) is 5.20.